The summed E-state index contributed by atoms with van der Waals surface area (Å²) in [5.74, 6) is 0.590. The monoisotopic (exact) mass is 248 g/mol. The molecule has 1 aromatic rings. The van der Waals surface area contributed by atoms with E-state index in [0.717, 1.165) is 24.8 Å². The summed E-state index contributed by atoms with van der Waals surface area (Å²) in [6.45, 7) is 0.193. The van der Waals surface area contributed by atoms with Gasteiger partial charge in [-0.05, 0) is 19.3 Å². The van der Waals surface area contributed by atoms with E-state index in [9.17, 15) is 4.79 Å². The maximum atomic E-state index is 12.3. The molecule has 0 radical (unpaired) electrons. The van der Waals surface area contributed by atoms with Gasteiger partial charge in [-0.3, -0.25) is 4.79 Å². The van der Waals surface area contributed by atoms with Crippen molar-refractivity contribution in [3.63, 3.8) is 0 Å². The molecule has 1 saturated heterocycles. The van der Waals surface area contributed by atoms with Gasteiger partial charge < -0.3 is 4.74 Å². The first-order chi connectivity index (χ1) is 8.84. The third-order valence-electron chi connectivity index (χ3n) is 3.73. The molecule has 0 amide bonds. The number of benzene rings is 1. The maximum Gasteiger partial charge on any atom is 0.196 e. The van der Waals surface area contributed by atoms with Crippen LogP contribution >= 0.6 is 0 Å². The van der Waals surface area contributed by atoms with E-state index in [1.165, 1.54) is 0 Å². The van der Waals surface area contributed by atoms with E-state index in [1.807, 2.05) is 30.3 Å². The molecule has 0 bridgehead atoms. The van der Waals surface area contributed by atoms with Gasteiger partial charge in [0.2, 0.25) is 0 Å². The van der Waals surface area contributed by atoms with Crippen LogP contribution in [0.2, 0.25) is 0 Å². The molecule has 1 heterocycles. The third kappa shape index (κ3) is 2.32. The predicted molar refractivity (Wildman–Crippen MR) is 63.5 cm³/mol. The van der Waals surface area contributed by atoms with Crippen molar-refractivity contribution in [3.8, 4) is 0 Å². The summed E-state index contributed by atoms with van der Waals surface area (Å²) in [6.07, 6.45) is 2.39. The first-order valence-electron chi connectivity index (χ1n) is 6.34. The van der Waals surface area contributed by atoms with Crippen molar-refractivity contribution in [1.29, 1.82) is 0 Å². The SMILES string of the molecule is O=C(c1ccccc1)[C@H]1CC[C@@H](C2OCOO2)C1. The first-order valence-corrected chi connectivity index (χ1v) is 6.34. The Hall–Kier alpha value is -1.23. The molecule has 4 nitrogen and oxygen atoms in total. The van der Waals surface area contributed by atoms with Crippen molar-refractivity contribution >= 4 is 5.78 Å². The minimum atomic E-state index is -0.293. The zero-order valence-electron chi connectivity index (χ0n) is 10.1. The summed E-state index contributed by atoms with van der Waals surface area (Å²) in [4.78, 5) is 22.1. The molecule has 1 aliphatic heterocycles. The highest BCUT2D eigenvalue weighted by Gasteiger charge is 2.38. The summed E-state index contributed by atoms with van der Waals surface area (Å²) in [5.41, 5.74) is 0.799. The molecule has 4 heteroatoms. The molecule has 2 aliphatic rings. The number of ketones is 1. The number of carbonyl (C=O) groups excluding carboxylic acids is 1. The predicted octanol–water partition coefficient (Wildman–Crippen LogP) is 2.55. The Morgan fingerprint density at radius 3 is 2.72 bits per heavy atom. The van der Waals surface area contributed by atoms with Gasteiger partial charge in [-0.15, -0.1) is 0 Å². The standard InChI is InChI=1S/C14H16O4/c15-13(10-4-2-1-3-5-10)11-6-7-12(8-11)14-16-9-17-18-14/h1-5,11-12,14H,6-9H2/t11-,12+,14?/m0/s1. The molecule has 1 aromatic carbocycles. The number of Topliss-reactive ketones (excluding diaryl/α,β-unsaturated/α-hetero) is 1. The van der Waals surface area contributed by atoms with E-state index < -0.39 is 0 Å². The lowest BCUT2D eigenvalue weighted by molar-refractivity contribution is -0.287. The average Bonchev–Trinajstić information content (AvgIpc) is 3.09. The second-order valence-corrected chi connectivity index (χ2v) is 4.87. The molecule has 0 spiro atoms. The Bertz CT molecular complexity index is 411. The van der Waals surface area contributed by atoms with Crippen LogP contribution in [0.1, 0.15) is 29.6 Å². The molecule has 3 rings (SSSR count). The van der Waals surface area contributed by atoms with Crippen molar-refractivity contribution < 1.29 is 19.3 Å². The van der Waals surface area contributed by atoms with Gasteiger partial charge in [0.25, 0.3) is 0 Å². The molecule has 1 saturated carbocycles. The van der Waals surface area contributed by atoms with Crippen LogP contribution in [0.3, 0.4) is 0 Å². The molecule has 3 atom stereocenters. The van der Waals surface area contributed by atoms with Gasteiger partial charge in [-0.1, -0.05) is 30.3 Å². The average molecular weight is 248 g/mol. The Morgan fingerprint density at radius 1 is 1.17 bits per heavy atom. The fourth-order valence-corrected chi connectivity index (χ4v) is 2.77. The van der Waals surface area contributed by atoms with Gasteiger partial charge in [-0.2, -0.15) is 0 Å². The molecule has 0 N–H and O–H groups in total. The van der Waals surface area contributed by atoms with Gasteiger partial charge in [0.15, 0.2) is 18.9 Å². The van der Waals surface area contributed by atoms with E-state index in [0.29, 0.717) is 0 Å². The van der Waals surface area contributed by atoms with Crippen LogP contribution in [0, 0.1) is 11.8 Å². The van der Waals surface area contributed by atoms with Crippen LogP contribution < -0.4 is 0 Å². The Labute approximate surface area is 106 Å². The third-order valence-corrected chi connectivity index (χ3v) is 3.73. The fourth-order valence-electron chi connectivity index (χ4n) is 2.77. The summed E-state index contributed by atoms with van der Waals surface area (Å²) < 4.78 is 5.31. The van der Waals surface area contributed by atoms with E-state index in [1.54, 1.807) is 0 Å². The van der Waals surface area contributed by atoms with Crippen LogP contribution in [0.5, 0.6) is 0 Å². The second kappa shape index (κ2) is 5.18. The zero-order chi connectivity index (χ0) is 12.4. The molecule has 1 unspecified atom stereocenters. The smallest absolute Gasteiger partial charge is 0.196 e. The Kier molecular flexibility index (Phi) is 3.41. The topological polar surface area (TPSA) is 44.8 Å². The quantitative estimate of drug-likeness (QED) is 0.609. The van der Waals surface area contributed by atoms with Crippen LogP contribution in [-0.4, -0.2) is 18.9 Å². The van der Waals surface area contributed by atoms with Crippen molar-refractivity contribution in [1.82, 2.24) is 0 Å². The Balaban J connectivity index is 1.63. The fraction of sp³-hybridized carbons (Fsp3) is 0.500. The Morgan fingerprint density at radius 2 is 2.00 bits per heavy atom. The molecular weight excluding hydrogens is 232 g/mol. The van der Waals surface area contributed by atoms with Crippen LogP contribution in [0.15, 0.2) is 30.3 Å². The highest BCUT2D eigenvalue weighted by atomic mass is 17.3. The minimum Gasteiger partial charge on any atom is -0.320 e. The first kappa shape index (κ1) is 11.8. The highest BCUT2D eigenvalue weighted by molar-refractivity contribution is 5.97. The van der Waals surface area contributed by atoms with Crippen molar-refractivity contribution in [2.24, 2.45) is 11.8 Å². The van der Waals surface area contributed by atoms with E-state index in [-0.39, 0.29) is 30.7 Å². The van der Waals surface area contributed by atoms with E-state index in [4.69, 9.17) is 14.5 Å². The van der Waals surface area contributed by atoms with Gasteiger partial charge in [0, 0.05) is 17.4 Å². The molecule has 2 fully saturated rings. The summed E-state index contributed by atoms with van der Waals surface area (Å²) in [7, 11) is 0. The van der Waals surface area contributed by atoms with Crippen molar-refractivity contribution in [3.05, 3.63) is 35.9 Å². The molecule has 96 valence electrons. The van der Waals surface area contributed by atoms with Gasteiger partial charge in [0.05, 0.1) is 0 Å². The number of carbonyl (C=O) groups is 1. The second-order valence-electron chi connectivity index (χ2n) is 4.87. The van der Waals surface area contributed by atoms with Gasteiger partial charge in [-0.25, -0.2) is 9.78 Å². The lowest BCUT2D eigenvalue weighted by Crippen LogP contribution is -2.20. The van der Waals surface area contributed by atoms with Crippen molar-refractivity contribution in [2.75, 3.05) is 6.79 Å². The minimum absolute atomic E-state index is 0.0881. The lowest BCUT2D eigenvalue weighted by atomic mass is 9.95. The summed E-state index contributed by atoms with van der Waals surface area (Å²) >= 11 is 0. The van der Waals surface area contributed by atoms with E-state index in [2.05, 4.69) is 0 Å². The highest BCUT2D eigenvalue weighted by Crippen LogP contribution is 2.37. The van der Waals surface area contributed by atoms with Crippen LogP contribution in [0.4, 0.5) is 0 Å². The normalized spacial score (nSPS) is 31.7. The zero-order valence-corrected chi connectivity index (χ0v) is 10.1. The van der Waals surface area contributed by atoms with Crippen LogP contribution in [-0.2, 0) is 14.5 Å². The van der Waals surface area contributed by atoms with Crippen molar-refractivity contribution in [2.45, 2.75) is 25.6 Å². The van der Waals surface area contributed by atoms with Crippen LogP contribution in [0.25, 0.3) is 0 Å². The number of hydrogen-bond donors (Lipinski definition) is 0. The number of ether oxygens (including phenoxy) is 1. The lowest BCUT2D eigenvalue weighted by Gasteiger charge is -2.14. The maximum absolute atomic E-state index is 12.3. The number of hydrogen-bond acceptors (Lipinski definition) is 4. The number of rotatable bonds is 3. The molecule has 1 aliphatic carbocycles. The van der Waals surface area contributed by atoms with E-state index >= 15 is 0 Å². The molecule has 18 heavy (non-hydrogen) atoms. The largest absolute Gasteiger partial charge is 0.320 e. The summed E-state index contributed by atoms with van der Waals surface area (Å²) in [5, 5.41) is 0. The van der Waals surface area contributed by atoms with Gasteiger partial charge >= 0.3 is 0 Å². The molecule has 0 aromatic heterocycles. The summed E-state index contributed by atoms with van der Waals surface area (Å²) in [6, 6.07) is 9.47. The molecular formula is C14H16O4. The van der Waals surface area contributed by atoms with Gasteiger partial charge in [0.1, 0.15) is 0 Å².